The minimum absolute atomic E-state index is 0.0672. The van der Waals surface area contributed by atoms with Crippen molar-refractivity contribution in [3.63, 3.8) is 0 Å². The molecule has 1 amide bonds. The van der Waals surface area contributed by atoms with Gasteiger partial charge in [-0.05, 0) is 51.3 Å². The zero-order chi connectivity index (χ0) is 18.1. The van der Waals surface area contributed by atoms with Crippen LogP contribution in [-0.4, -0.2) is 10.9 Å². The summed E-state index contributed by atoms with van der Waals surface area (Å²) < 4.78 is 0. The summed E-state index contributed by atoms with van der Waals surface area (Å²) >= 11 is 3.15. The van der Waals surface area contributed by atoms with E-state index in [1.54, 1.807) is 11.3 Å². The second-order valence-electron chi connectivity index (χ2n) is 6.23. The maximum Gasteiger partial charge on any atom is 0.258 e. The largest absolute Gasteiger partial charge is 0.298 e. The first-order chi connectivity index (χ1) is 11.9. The van der Waals surface area contributed by atoms with Gasteiger partial charge in [-0.3, -0.25) is 10.1 Å². The summed E-state index contributed by atoms with van der Waals surface area (Å²) in [6, 6.07) is 6.37. The Morgan fingerprint density at radius 2 is 1.92 bits per heavy atom. The topological polar surface area (TPSA) is 42.0 Å². The number of nitrogens with one attached hydrogen (secondary N) is 1. The van der Waals surface area contributed by atoms with Crippen molar-refractivity contribution in [2.75, 3.05) is 5.32 Å². The molecule has 0 fully saturated rings. The molecule has 0 atom stereocenters. The Kier molecular flexibility index (Phi) is 5.06. The van der Waals surface area contributed by atoms with Crippen molar-refractivity contribution in [1.29, 1.82) is 0 Å². The molecule has 2 heterocycles. The van der Waals surface area contributed by atoms with Crippen LogP contribution >= 0.6 is 22.7 Å². The smallest absolute Gasteiger partial charge is 0.258 e. The maximum atomic E-state index is 12.6. The van der Waals surface area contributed by atoms with E-state index in [-0.39, 0.29) is 5.91 Å². The number of benzene rings is 1. The van der Waals surface area contributed by atoms with Crippen molar-refractivity contribution in [3.8, 4) is 11.3 Å². The van der Waals surface area contributed by atoms with Crippen LogP contribution in [-0.2, 0) is 6.42 Å². The minimum atomic E-state index is -0.0672. The lowest BCUT2D eigenvalue weighted by atomic mass is 10.0. The first-order valence-electron chi connectivity index (χ1n) is 8.34. The van der Waals surface area contributed by atoms with E-state index in [1.165, 1.54) is 27.3 Å². The van der Waals surface area contributed by atoms with Gasteiger partial charge in [0.05, 0.1) is 11.3 Å². The van der Waals surface area contributed by atoms with Gasteiger partial charge in [0, 0.05) is 20.7 Å². The molecule has 1 aromatic carbocycles. The molecule has 5 heteroatoms. The highest BCUT2D eigenvalue weighted by Crippen LogP contribution is 2.33. The van der Waals surface area contributed by atoms with Gasteiger partial charge in [0.25, 0.3) is 5.91 Å². The van der Waals surface area contributed by atoms with Crippen LogP contribution in [0.2, 0.25) is 0 Å². The molecule has 0 bridgehead atoms. The highest BCUT2D eigenvalue weighted by atomic mass is 32.1. The van der Waals surface area contributed by atoms with Gasteiger partial charge in [0.1, 0.15) is 0 Å². The van der Waals surface area contributed by atoms with E-state index in [4.69, 9.17) is 4.98 Å². The average Bonchev–Trinajstić information content (AvgIpc) is 3.12. The number of carbonyl (C=O) groups excluding carboxylic acids is 1. The monoisotopic (exact) mass is 370 g/mol. The van der Waals surface area contributed by atoms with E-state index >= 15 is 0 Å². The van der Waals surface area contributed by atoms with E-state index in [9.17, 15) is 4.79 Å². The first-order valence-corrected chi connectivity index (χ1v) is 10.0. The number of hydrogen-bond acceptors (Lipinski definition) is 4. The molecule has 0 spiro atoms. The highest BCUT2D eigenvalue weighted by molar-refractivity contribution is 7.16. The van der Waals surface area contributed by atoms with Crippen LogP contribution in [0.1, 0.15) is 43.7 Å². The second kappa shape index (κ2) is 7.10. The van der Waals surface area contributed by atoms with E-state index in [0.717, 1.165) is 33.7 Å². The maximum absolute atomic E-state index is 12.6. The summed E-state index contributed by atoms with van der Waals surface area (Å²) in [6.07, 6.45) is 0.864. The van der Waals surface area contributed by atoms with E-state index in [2.05, 4.69) is 58.1 Å². The molecule has 25 heavy (non-hydrogen) atoms. The molecule has 3 aromatic rings. The first kappa shape index (κ1) is 17.8. The summed E-state index contributed by atoms with van der Waals surface area (Å²) in [5, 5.41) is 5.58. The Balaban J connectivity index is 1.90. The van der Waals surface area contributed by atoms with E-state index in [1.807, 2.05) is 5.38 Å². The van der Waals surface area contributed by atoms with Crippen molar-refractivity contribution in [3.05, 3.63) is 55.6 Å². The van der Waals surface area contributed by atoms with Crippen LogP contribution in [0, 0.1) is 27.7 Å². The van der Waals surface area contributed by atoms with E-state index < -0.39 is 0 Å². The molecule has 1 N–H and O–H groups in total. The zero-order valence-corrected chi connectivity index (χ0v) is 16.8. The number of anilines is 1. The zero-order valence-electron chi connectivity index (χ0n) is 15.2. The minimum Gasteiger partial charge on any atom is -0.298 e. The van der Waals surface area contributed by atoms with Gasteiger partial charge in [-0.15, -0.1) is 22.7 Å². The number of nitrogens with zero attached hydrogens (tertiary/aromatic N) is 1. The van der Waals surface area contributed by atoms with Gasteiger partial charge in [-0.1, -0.05) is 24.6 Å². The van der Waals surface area contributed by atoms with Crippen LogP contribution in [0.5, 0.6) is 0 Å². The molecule has 3 rings (SSSR count). The number of amides is 1. The van der Waals surface area contributed by atoms with Crippen molar-refractivity contribution in [2.45, 2.75) is 41.0 Å². The number of carbonyl (C=O) groups is 1. The lowest BCUT2D eigenvalue weighted by Gasteiger charge is -2.05. The molecular weight excluding hydrogens is 348 g/mol. The van der Waals surface area contributed by atoms with Gasteiger partial charge < -0.3 is 0 Å². The molecule has 2 aromatic heterocycles. The fourth-order valence-corrected chi connectivity index (χ4v) is 4.73. The molecule has 3 nitrogen and oxygen atoms in total. The Hall–Kier alpha value is -1.98. The standard InChI is InChI=1S/C20H22N2OS2/c1-6-15-13(4)24-10-17(15)19(23)22-20-21-18(14(5)25-20)16-9-11(2)7-8-12(16)3/h7-10H,6H2,1-5H3,(H,21,22,23). The van der Waals surface area contributed by atoms with Gasteiger partial charge >= 0.3 is 0 Å². The van der Waals surface area contributed by atoms with Crippen LogP contribution < -0.4 is 5.32 Å². The third kappa shape index (κ3) is 3.53. The van der Waals surface area contributed by atoms with Crippen LogP contribution in [0.4, 0.5) is 5.13 Å². The number of thiazole rings is 1. The molecule has 0 aliphatic rings. The molecule has 0 saturated heterocycles. The van der Waals surface area contributed by atoms with E-state index in [0.29, 0.717) is 5.13 Å². The van der Waals surface area contributed by atoms with Crippen molar-refractivity contribution in [1.82, 2.24) is 4.98 Å². The van der Waals surface area contributed by atoms with Gasteiger partial charge in [0.2, 0.25) is 0 Å². The highest BCUT2D eigenvalue weighted by Gasteiger charge is 2.18. The Labute approximate surface area is 156 Å². The predicted octanol–water partition coefficient (Wildman–Crippen LogP) is 5.92. The van der Waals surface area contributed by atoms with Crippen LogP contribution in [0.3, 0.4) is 0 Å². The van der Waals surface area contributed by atoms with Gasteiger partial charge in [-0.2, -0.15) is 0 Å². The lowest BCUT2D eigenvalue weighted by molar-refractivity contribution is 0.102. The molecule has 130 valence electrons. The normalized spacial score (nSPS) is 10.9. The summed E-state index contributed by atoms with van der Waals surface area (Å²) in [4.78, 5) is 19.7. The Morgan fingerprint density at radius 1 is 1.16 bits per heavy atom. The fourth-order valence-electron chi connectivity index (χ4n) is 2.96. The Bertz CT molecular complexity index is 937. The molecule has 0 radical (unpaired) electrons. The number of hydrogen-bond donors (Lipinski definition) is 1. The number of thiophene rings is 1. The van der Waals surface area contributed by atoms with Gasteiger partial charge in [-0.25, -0.2) is 4.98 Å². The summed E-state index contributed by atoms with van der Waals surface area (Å²) in [7, 11) is 0. The van der Waals surface area contributed by atoms with Crippen molar-refractivity contribution < 1.29 is 4.79 Å². The molecule has 0 unspecified atom stereocenters. The molecule has 0 saturated carbocycles. The molecular formula is C20H22N2OS2. The third-order valence-electron chi connectivity index (χ3n) is 4.37. The number of rotatable bonds is 4. The SMILES string of the molecule is CCc1c(C(=O)Nc2nc(-c3cc(C)ccc3C)c(C)s2)csc1C. The number of aromatic nitrogens is 1. The van der Waals surface area contributed by atoms with Crippen LogP contribution in [0.15, 0.2) is 23.6 Å². The van der Waals surface area contributed by atoms with Gasteiger partial charge in [0.15, 0.2) is 5.13 Å². The molecule has 0 aliphatic carbocycles. The fraction of sp³-hybridized carbons (Fsp3) is 0.300. The Morgan fingerprint density at radius 3 is 2.64 bits per heavy atom. The third-order valence-corrected chi connectivity index (χ3v) is 6.21. The summed E-state index contributed by atoms with van der Waals surface area (Å²) in [6.45, 7) is 10.4. The van der Waals surface area contributed by atoms with Crippen LogP contribution in [0.25, 0.3) is 11.3 Å². The predicted molar refractivity (Wildman–Crippen MR) is 108 cm³/mol. The summed E-state index contributed by atoms with van der Waals surface area (Å²) in [5.41, 5.74) is 6.39. The number of aryl methyl sites for hydroxylation is 4. The van der Waals surface area contributed by atoms with Crippen molar-refractivity contribution in [2.24, 2.45) is 0 Å². The quantitative estimate of drug-likeness (QED) is 0.619. The summed E-state index contributed by atoms with van der Waals surface area (Å²) in [5.74, 6) is -0.0672. The average molecular weight is 371 g/mol. The lowest BCUT2D eigenvalue weighted by Crippen LogP contribution is -2.12. The van der Waals surface area contributed by atoms with Crippen molar-refractivity contribution >= 4 is 33.7 Å². The second-order valence-corrected chi connectivity index (χ2v) is 8.52. The molecule has 0 aliphatic heterocycles.